The lowest BCUT2D eigenvalue weighted by Crippen LogP contribution is -2.04. The maximum atomic E-state index is 13.4. The summed E-state index contributed by atoms with van der Waals surface area (Å²) in [5.41, 5.74) is 2.19. The minimum Gasteiger partial charge on any atom is -0.503 e. The fourth-order valence-corrected chi connectivity index (χ4v) is 4.67. The van der Waals surface area contributed by atoms with Gasteiger partial charge in [0.25, 0.3) is 0 Å². The molecule has 0 unspecified atom stereocenters. The first-order valence-corrected chi connectivity index (χ1v) is 10.7. The first kappa shape index (κ1) is 19.8. The molecule has 2 heterocycles. The molecule has 0 spiro atoms. The predicted octanol–water partition coefficient (Wildman–Crippen LogP) is 5.40. The van der Waals surface area contributed by atoms with Crippen molar-refractivity contribution in [3.05, 3.63) is 90.0 Å². The van der Waals surface area contributed by atoms with Crippen LogP contribution >= 0.6 is 11.3 Å². The van der Waals surface area contributed by atoms with Crippen LogP contribution in [0.5, 0.6) is 17.4 Å². The molecule has 0 atom stereocenters. The molecule has 158 valence electrons. The Morgan fingerprint density at radius 1 is 0.969 bits per heavy atom. The van der Waals surface area contributed by atoms with Gasteiger partial charge < -0.3 is 14.9 Å². The largest absolute Gasteiger partial charge is 0.503 e. The molecule has 32 heavy (non-hydrogen) atoms. The number of carbonyl (C=O) groups is 1. The van der Waals surface area contributed by atoms with Crippen LogP contribution in [0.1, 0.15) is 15.9 Å². The van der Waals surface area contributed by atoms with E-state index in [1.165, 1.54) is 15.9 Å². The number of aromatic nitrogens is 2. The van der Waals surface area contributed by atoms with Crippen molar-refractivity contribution in [3.8, 4) is 33.8 Å². The average molecular weight is 442 g/mol. The standard InChI is InChI=1S/C25H18N2O4S/c1-31-17-12-13-18-19(14-17)32-25(26-18)27-21(15-8-4-2-5-9-15)20(23(29)24(27)30)22(28)16-10-6-3-7-11-16/h2-14,29-30H,1H3. The average Bonchev–Trinajstić information content (AvgIpc) is 3.37. The summed E-state index contributed by atoms with van der Waals surface area (Å²) >= 11 is 1.32. The van der Waals surface area contributed by atoms with Crippen LogP contribution in [0.3, 0.4) is 0 Å². The number of hydrogen-bond donors (Lipinski definition) is 2. The maximum absolute atomic E-state index is 13.4. The van der Waals surface area contributed by atoms with Gasteiger partial charge in [-0.15, -0.1) is 0 Å². The van der Waals surface area contributed by atoms with Gasteiger partial charge in [0.05, 0.1) is 28.6 Å². The number of hydrogen-bond acceptors (Lipinski definition) is 6. The summed E-state index contributed by atoms with van der Waals surface area (Å²) < 4.78 is 7.57. The lowest BCUT2D eigenvalue weighted by molar-refractivity contribution is 0.103. The van der Waals surface area contributed by atoms with Gasteiger partial charge in [-0.2, -0.15) is 0 Å². The molecular formula is C25H18N2O4S. The first-order valence-electron chi connectivity index (χ1n) is 9.85. The summed E-state index contributed by atoms with van der Waals surface area (Å²) in [7, 11) is 1.59. The van der Waals surface area contributed by atoms with Crippen LogP contribution in [0.15, 0.2) is 78.9 Å². The molecule has 0 aliphatic carbocycles. The van der Waals surface area contributed by atoms with Gasteiger partial charge in [-0.05, 0) is 23.8 Å². The summed E-state index contributed by atoms with van der Waals surface area (Å²) in [5.74, 6) is -0.613. The Morgan fingerprint density at radius 2 is 1.66 bits per heavy atom. The number of methoxy groups -OCH3 is 1. The van der Waals surface area contributed by atoms with Gasteiger partial charge in [0.2, 0.25) is 5.88 Å². The Bertz CT molecular complexity index is 1440. The zero-order chi connectivity index (χ0) is 22.2. The predicted molar refractivity (Wildman–Crippen MR) is 124 cm³/mol. The molecule has 0 fully saturated rings. The number of ether oxygens (including phenoxy) is 1. The molecule has 0 amide bonds. The quantitative estimate of drug-likeness (QED) is 0.356. The second kappa shape index (κ2) is 7.86. The normalized spacial score (nSPS) is 11.0. The third-order valence-electron chi connectivity index (χ3n) is 5.21. The molecule has 5 rings (SSSR count). The lowest BCUT2D eigenvalue weighted by Gasteiger charge is -2.09. The molecule has 0 aliphatic heterocycles. The van der Waals surface area contributed by atoms with Crippen LogP contribution < -0.4 is 4.74 Å². The molecule has 0 aliphatic rings. The van der Waals surface area contributed by atoms with Crippen molar-refractivity contribution in [3.63, 3.8) is 0 Å². The second-order valence-electron chi connectivity index (χ2n) is 7.12. The first-order chi connectivity index (χ1) is 15.6. The van der Waals surface area contributed by atoms with Crippen molar-refractivity contribution in [1.82, 2.24) is 9.55 Å². The number of rotatable bonds is 5. The van der Waals surface area contributed by atoms with Gasteiger partial charge in [-0.3, -0.25) is 9.36 Å². The van der Waals surface area contributed by atoms with Gasteiger partial charge in [-0.1, -0.05) is 72.0 Å². The van der Waals surface area contributed by atoms with Crippen molar-refractivity contribution in [2.45, 2.75) is 0 Å². The van der Waals surface area contributed by atoms with Crippen molar-refractivity contribution < 1.29 is 19.7 Å². The number of benzene rings is 3. The summed E-state index contributed by atoms with van der Waals surface area (Å²) in [6.45, 7) is 0. The van der Waals surface area contributed by atoms with Crippen molar-refractivity contribution in [1.29, 1.82) is 0 Å². The van der Waals surface area contributed by atoms with Crippen molar-refractivity contribution in [2.75, 3.05) is 7.11 Å². The highest BCUT2D eigenvalue weighted by Gasteiger charge is 2.30. The number of carbonyl (C=O) groups excluding carboxylic acids is 1. The number of fused-ring (bicyclic) bond motifs is 1. The molecule has 6 nitrogen and oxygen atoms in total. The maximum Gasteiger partial charge on any atom is 0.242 e. The summed E-state index contributed by atoms with van der Waals surface area (Å²) in [5, 5.41) is 22.2. The Labute approximate surface area is 187 Å². The number of nitrogens with zero attached hydrogens (tertiary/aromatic N) is 2. The van der Waals surface area contributed by atoms with E-state index in [1.807, 2.05) is 48.5 Å². The van der Waals surface area contributed by atoms with E-state index in [0.29, 0.717) is 33.2 Å². The van der Waals surface area contributed by atoms with Crippen LogP contribution in [-0.4, -0.2) is 32.7 Å². The van der Waals surface area contributed by atoms with E-state index in [1.54, 1.807) is 37.4 Å². The molecule has 5 aromatic rings. The van der Waals surface area contributed by atoms with E-state index >= 15 is 0 Å². The Hall–Kier alpha value is -4.10. The Kier molecular flexibility index (Phi) is 4.88. The van der Waals surface area contributed by atoms with Gasteiger partial charge >= 0.3 is 0 Å². The van der Waals surface area contributed by atoms with E-state index in [9.17, 15) is 15.0 Å². The molecule has 2 N–H and O–H groups in total. The van der Waals surface area contributed by atoms with E-state index in [4.69, 9.17) is 4.74 Å². The van der Waals surface area contributed by atoms with Crippen LogP contribution in [0.25, 0.3) is 26.6 Å². The highest BCUT2D eigenvalue weighted by Crippen LogP contribution is 2.45. The minimum atomic E-state index is -0.477. The highest BCUT2D eigenvalue weighted by molar-refractivity contribution is 7.20. The summed E-state index contributed by atoms with van der Waals surface area (Å²) in [6, 6.07) is 23.3. The Morgan fingerprint density at radius 3 is 2.34 bits per heavy atom. The van der Waals surface area contributed by atoms with Crippen LogP contribution in [0, 0.1) is 0 Å². The zero-order valence-corrected chi connectivity index (χ0v) is 17.8. The van der Waals surface area contributed by atoms with Crippen LogP contribution in [0.4, 0.5) is 0 Å². The fourth-order valence-electron chi connectivity index (χ4n) is 3.67. The van der Waals surface area contributed by atoms with Gasteiger partial charge in [0, 0.05) is 5.56 Å². The number of aromatic hydroxyl groups is 2. The van der Waals surface area contributed by atoms with Crippen LogP contribution in [-0.2, 0) is 0 Å². The van der Waals surface area contributed by atoms with E-state index < -0.39 is 17.4 Å². The van der Waals surface area contributed by atoms with E-state index in [-0.39, 0.29) is 5.56 Å². The molecule has 3 aromatic carbocycles. The molecule has 7 heteroatoms. The van der Waals surface area contributed by atoms with Crippen molar-refractivity contribution in [2.24, 2.45) is 0 Å². The second-order valence-corrected chi connectivity index (χ2v) is 8.13. The van der Waals surface area contributed by atoms with Crippen LogP contribution in [0.2, 0.25) is 0 Å². The van der Waals surface area contributed by atoms with E-state index in [0.717, 1.165) is 4.70 Å². The number of ketones is 1. The zero-order valence-electron chi connectivity index (χ0n) is 17.0. The Balaban J connectivity index is 1.79. The fraction of sp³-hybridized carbons (Fsp3) is 0.0400. The van der Waals surface area contributed by atoms with Gasteiger partial charge in [0.15, 0.2) is 16.7 Å². The van der Waals surface area contributed by atoms with E-state index in [2.05, 4.69) is 4.98 Å². The highest BCUT2D eigenvalue weighted by atomic mass is 32.1. The molecular weight excluding hydrogens is 424 g/mol. The lowest BCUT2D eigenvalue weighted by atomic mass is 9.99. The van der Waals surface area contributed by atoms with Crippen molar-refractivity contribution >= 4 is 27.3 Å². The van der Waals surface area contributed by atoms with Gasteiger partial charge in [0.1, 0.15) is 5.75 Å². The molecule has 0 radical (unpaired) electrons. The molecule has 0 bridgehead atoms. The molecule has 0 saturated carbocycles. The third kappa shape index (κ3) is 3.19. The summed E-state index contributed by atoms with van der Waals surface area (Å²) in [4.78, 5) is 18.0. The summed E-state index contributed by atoms with van der Waals surface area (Å²) in [6.07, 6.45) is 0. The molecule has 2 aromatic heterocycles. The molecule has 0 saturated heterocycles. The number of thiazole rings is 1. The SMILES string of the molecule is COc1ccc2nc(-n3c(O)c(O)c(C(=O)c4ccccc4)c3-c3ccccc3)sc2c1. The third-order valence-corrected chi connectivity index (χ3v) is 6.21. The topological polar surface area (TPSA) is 84.6 Å². The monoisotopic (exact) mass is 442 g/mol. The smallest absolute Gasteiger partial charge is 0.242 e. The van der Waals surface area contributed by atoms with Gasteiger partial charge in [-0.25, -0.2) is 4.98 Å². The minimum absolute atomic E-state index is 0.0248.